The molecule has 2 aromatic heterocycles. The molecule has 4 aromatic carbocycles. The molecule has 6 aromatic rings. The molecule has 37 heavy (non-hydrogen) atoms. The van der Waals surface area contributed by atoms with Crippen molar-refractivity contribution in [3.05, 3.63) is 89.2 Å². The van der Waals surface area contributed by atoms with Crippen LogP contribution in [0.15, 0.2) is 71.1 Å². The van der Waals surface area contributed by atoms with Crippen LogP contribution in [0.3, 0.4) is 0 Å². The summed E-state index contributed by atoms with van der Waals surface area (Å²) in [6.07, 6.45) is 0. The predicted octanol–water partition coefficient (Wildman–Crippen LogP) is 6.00. The van der Waals surface area contributed by atoms with Gasteiger partial charge >= 0.3 is 0 Å². The second kappa shape index (κ2) is 6.55. The molecule has 0 N–H and O–H groups in total. The van der Waals surface area contributed by atoms with Crippen molar-refractivity contribution in [3.63, 3.8) is 0 Å². The second-order valence-corrected chi connectivity index (χ2v) is 12.5. The highest BCUT2D eigenvalue weighted by Crippen LogP contribution is 2.40. The van der Waals surface area contributed by atoms with Crippen molar-refractivity contribution < 1.29 is 4.42 Å². The zero-order valence-corrected chi connectivity index (χ0v) is 22.2. The van der Waals surface area contributed by atoms with Crippen LogP contribution in [0.25, 0.3) is 38.7 Å². The summed E-state index contributed by atoms with van der Waals surface area (Å²) < 4.78 is 9.11. The lowest BCUT2D eigenvalue weighted by Crippen LogP contribution is -2.63. The third kappa shape index (κ3) is 2.51. The molecule has 0 unspecified atom stereocenters. The van der Waals surface area contributed by atoms with Gasteiger partial charge in [0.1, 0.15) is 17.0 Å². The number of benzene rings is 4. The van der Waals surface area contributed by atoms with Gasteiger partial charge in [-0.2, -0.15) is 0 Å². The molecule has 0 atom stereocenters. The maximum atomic E-state index is 6.72. The van der Waals surface area contributed by atoms with Crippen LogP contribution in [0.2, 0.25) is 0 Å². The van der Waals surface area contributed by atoms with Gasteiger partial charge in [-0.05, 0) is 63.6 Å². The van der Waals surface area contributed by atoms with Gasteiger partial charge in [-0.15, -0.1) is 0 Å². The molecule has 0 spiro atoms. The zero-order chi connectivity index (χ0) is 25.4. The average Bonchev–Trinajstić information content (AvgIpc) is 3.40. The SMILES string of the molecule is Cc1nc2cc(C(C)(C)C)cc3c2n1-c1cccc2c1B3c1c(ccc3c1oc1ccccc13)C2(C)C. The summed E-state index contributed by atoms with van der Waals surface area (Å²) in [5.74, 6) is 1.04. The van der Waals surface area contributed by atoms with Crippen LogP contribution < -0.4 is 16.4 Å². The van der Waals surface area contributed by atoms with E-state index in [1.165, 1.54) is 55.1 Å². The molecular weight excluding hydrogens is 451 g/mol. The van der Waals surface area contributed by atoms with Crippen molar-refractivity contribution in [1.82, 2.24) is 9.55 Å². The summed E-state index contributed by atoms with van der Waals surface area (Å²) in [4.78, 5) is 5.11. The fraction of sp³-hybridized carbons (Fsp3) is 0.242. The van der Waals surface area contributed by atoms with Crippen molar-refractivity contribution in [2.24, 2.45) is 0 Å². The number of para-hydroxylation sites is 1. The Morgan fingerprint density at radius 1 is 0.865 bits per heavy atom. The van der Waals surface area contributed by atoms with Crippen molar-refractivity contribution in [2.45, 2.75) is 52.4 Å². The van der Waals surface area contributed by atoms with Crippen LogP contribution in [0, 0.1) is 6.92 Å². The van der Waals surface area contributed by atoms with Crippen LogP contribution >= 0.6 is 0 Å². The lowest BCUT2D eigenvalue weighted by molar-refractivity contribution is 0.591. The molecule has 2 aliphatic rings. The van der Waals surface area contributed by atoms with E-state index in [9.17, 15) is 0 Å². The van der Waals surface area contributed by atoms with Gasteiger partial charge in [0.2, 0.25) is 0 Å². The van der Waals surface area contributed by atoms with Crippen LogP contribution in [-0.2, 0) is 10.8 Å². The quantitative estimate of drug-likeness (QED) is 0.249. The first-order valence-electron chi connectivity index (χ1n) is 13.3. The number of imidazole rings is 1. The molecule has 0 saturated heterocycles. The number of aromatic nitrogens is 2. The van der Waals surface area contributed by atoms with Crippen LogP contribution in [0.1, 0.15) is 57.1 Å². The summed E-state index contributed by atoms with van der Waals surface area (Å²) in [6, 6.07) is 24.6. The van der Waals surface area contributed by atoms with Gasteiger partial charge in [0.15, 0.2) is 0 Å². The van der Waals surface area contributed by atoms with Gasteiger partial charge in [-0.1, -0.05) is 83.1 Å². The number of nitrogens with zero attached hydrogens (tertiary/aromatic N) is 2. The Kier molecular flexibility index (Phi) is 3.77. The van der Waals surface area contributed by atoms with E-state index >= 15 is 0 Å². The van der Waals surface area contributed by atoms with Gasteiger partial charge in [0, 0.05) is 21.9 Å². The number of hydrogen-bond donors (Lipinski definition) is 0. The summed E-state index contributed by atoms with van der Waals surface area (Å²) in [6.45, 7) is 13.8. The molecule has 0 amide bonds. The maximum Gasteiger partial charge on any atom is 0.252 e. The summed E-state index contributed by atoms with van der Waals surface area (Å²) >= 11 is 0. The molecule has 2 aliphatic heterocycles. The number of furan rings is 1. The summed E-state index contributed by atoms with van der Waals surface area (Å²) in [5.41, 5.74) is 13.5. The lowest BCUT2D eigenvalue weighted by atomic mass is 9.30. The smallest absolute Gasteiger partial charge is 0.252 e. The van der Waals surface area contributed by atoms with Crippen LogP contribution in [-0.4, -0.2) is 16.3 Å². The number of rotatable bonds is 0. The molecule has 0 aliphatic carbocycles. The minimum Gasteiger partial charge on any atom is -0.457 e. The van der Waals surface area contributed by atoms with Crippen molar-refractivity contribution in [3.8, 4) is 5.69 Å². The molecule has 0 fully saturated rings. The Hall–Kier alpha value is -3.79. The maximum absolute atomic E-state index is 6.72. The van der Waals surface area contributed by atoms with E-state index in [0.29, 0.717) is 0 Å². The van der Waals surface area contributed by atoms with E-state index < -0.39 is 0 Å². The van der Waals surface area contributed by atoms with Crippen molar-refractivity contribution in [2.75, 3.05) is 0 Å². The standard InChI is InChI=1S/C33H29BN2O/c1-18-35-25-17-19(32(2,3)4)16-24-30(25)36(18)26-12-9-11-22-28(26)34(24)29-23(33(22,5)6)15-14-21-20-10-7-8-13-27(20)37-31(21)29/h7-17H,1-6H3. The molecule has 0 radical (unpaired) electrons. The molecule has 4 heterocycles. The Labute approximate surface area is 217 Å². The Balaban J connectivity index is 1.61. The Morgan fingerprint density at radius 2 is 1.65 bits per heavy atom. The van der Waals surface area contributed by atoms with Crippen LogP contribution in [0.5, 0.6) is 0 Å². The summed E-state index contributed by atoms with van der Waals surface area (Å²) in [5, 5.41) is 2.38. The van der Waals surface area contributed by atoms with Gasteiger partial charge in [-0.25, -0.2) is 4.98 Å². The molecule has 4 heteroatoms. The van der Waals surface area contributed by atoms with Gasteiger partial charge < -0.3 is 4.42 Å². The largest absolute Gasteiger partial charge is 0.457 e. The lowest BCUT2D eigenvalue weighted by Gasteiger charge is -2.41. The fourth-order valence-electron chi connectivity index (χ4n) is 7.14. The normalized spacial score (nSPS) is 15.5. The average molecular weight is 480 g/mol. The van der Waals surface area contributed by atoms with E-state index in [-0.39, 0.29) is 17.5 Å². The van der Waals surface area contributed by atoms with Crippen molar-refractivity contribution in [1.29, 1.82) is 0 Å². The topological polar surface area (TPSA) is 31.0 Å². The highest BCUT2D eigenvalue weighted by molar-refractivity contribution is 7.00. The van der Waals surface area contributed by atoms with E-state index in [1.54, 1.807) is 0 Å². The Bertz CT molecular complexity index is 1960. The third-order valence-electron chi connectivity index (χ3n) is 8.96. The minimum absolute atomic E-state index is 0.0182. The van der Waals surface area contributed by atoms with Crippen molar-refractivity contribution >= 4 is 56.1 Å². The zero-order valence-electron chi connectivity index (χ0n) is 22.2. The predicted molar refractivity (Wildman–Crippen MR) is 155 cm³/mol. The third-order valence-corrected chi connectivity index (χ3v) is 8.96. The van der Waals surface area contributed by atoms with Gasteiger partial charge in [0.05, 0.1) is 11.0 Å². The van der Waals surface area contributed by atoms with E-state index in [0.717, 1.165) is 22.5 Å². The second-order valence-electron chi connectivity index (χ2n) is 12.5. The van der Waals surface area contributed by atoms with Gasteiger partial charge in [0.25, 0.3) is 6.71 Å². The molecule has 0 saturated carbocycles. The highest BCUT2D eigenvalue weighted by atomic mass is 16.3. The summed E-state index contributed by atoms with van der Waals surface area (Å²) in [7, 11) is 0. The van der Waals surface area contributed by atoms with E-state index in [4.69, 9.17) is 9.40 Å². The van der Waals surface area contributed by atoms with E-state index in [2.05, 4.69) is 113 Å². The van der Waals surface area contributed by atoms with Crippen LogP contribution in [0.4, 0.5) is 0 Å². The first kappa shape index (κ1) is 21.3. The first-order valence-corrected chi connectivity index (χ1v) is 13.3. The minimum atomic E-state index is -0.156. The number of fused-ring (bicyclic) bond motifs is 8. The monoisotopic (exact) mass is 480 g/mol. The first-order chi connectivity index (χ1) is 17.7. The number of aryl methyl sites for hydroxylation is 1. The highest BCUT2D eigenvalue weighted by Gasteiger charge is 2.46. The molecule has 180 valence electrons. The van der Waals surface area contributed by atoms with E-state index in [1.807, 2.05) is 0 Å². The fourth-order valence-corrected chi connectivity index (χ4v) is 7.14. The number of hydrogen-bond acceptors (Lipinski definition) is 2. The van der Waals surface area contributed by atoms with Gasteiger partial charge in [-0.3, -0.25) is 4.57 Å². The Morgan fingerprint density at radius 3 is 2.46 bits per heavy atom. The molecule has 3 nitrogen and oxygen atoms in total. The molecule has 0 bridgehead atoms. The molecule has 8 rings (SSSR count). The molecular formula is C33H29BN2O.